The lowest BCUT2D eigenvalue weighted by molar-refractivity contribution is -1.02. The summed E-state index contributed by atoms with van der Waals surface area (Å²) in [5.74, 6) is -0.183. The highest BCUT2D eigenvalue weighted by Crippen LogP contribution is 2.01. The number of piperazine rings is 1. The lowest BCUT2D eigenvalue weighted by Crippen LogP contribution is -3.29. The van der Waals surface area contributed by atoms with E-state index in [1.54, 1.807) is 4.90 Å². The van der Waals surface area contributed by atoms with Gasteiger partial charge in [0, 0.05) is 5.56 Å². The van der Waals surface area contributed by atoms with Gasteiger partial charge in [-0.2, -0.15) is 0 Å². The van der Waals surface area contributed by atoms with E-state index in [0.29, 0.717) is 0 Å². The minimum Gasteiger partial charge on any atom is -0.365 e. The van der Waals surface area contributed by atoms with E-state index in [2.05, 4.69) is 31.2 Å². The van der Waals surface area contributed by atoms with E-state index in [4.69, 9.17) is 5.73 Å². The molecule has 4 nitrogen and oxygen atoms in total. The van der Waals surface area contributed by atoms with Gasteiger partial charge in [0.1, 0.15) is 32.7 Å². The van der Waals surface area contributed by atoms with Gasteiger partial charge in [-0.25, -0.2) is 0 Å². The van der Waals surface area contributed by atoms with Gasteiger partial charge in [0.15, 0.2) is 6.04 Å². The molecular weight excluding hydrogens is 238 g/mol. The number of nitrogens with one attached hydrogen (secondary N) is 2. The predicted molar refractivity (Wildman–Crippen MR) is 74.9 cm³/mol. The van der Waals surface area contributed by atoms with Crippen molar-refractivity contribution >= 4 is 5.91 Å². The van der Waals surface area contributed by atoms with Gasteiger partial charge in [-0.15, -0.1) is 0 Å². The number of hydrogen-bond donors (Lipinski definition) is 3. The highest BCUT2D eigenvalue weighted by molar-refractivity contribution is 5.77. The average Bonchev–Trinajstić information content (AvgIpc) is 2.39. The summed E-state index contributed by atoms with van der Waals surface area (Å²) in [7, 11) is 0. The molecule has 0 aromatic heterocycles. The molecule has 1 aliphatic heterocycles. The summed E-state index contributed by atoms with van der Waals surface area (Å²) in [5, 5.41) is 0. The van der Waals surface area contributed by atoms with Crippen LogP contribution in [0.15, 0.2) is 24.3 Å². The Morgan fingerprint density at radius 2 is 2.00 bits per heavy atom. The third kappa shape index (κ3) is 3.78. The third-order valence-corrected chi connectivity index (χ3v) is 4.18. The van der Waals surface area contributed by atoms with Crippen molar-refractivity contribution in [1.82, 2.24) is 0 Å². The largest absolute Gasteiger partial charge is 0.365 e. The Labute approximate surface area is 115 Å². The van der Waals surface area contributed by atoms with Crippen LogP contribution in [0.3, 0.4) is 0 Å². The van der Waals surface area contributed by atoms with E-state index in [1.165, 1.54) is 16.0 Å². The maximum absolute atomic E-state index is 11.2. The molecule has 2 rings (SSSR count). The monoisotopic (exact) mass is 263 g/mol. The highest BCUT2D eigenvalue weighted by atomic mass is 16.1. The second-order valence-corrected chi connectivity index (χ2v) is 5.70. The van der Waals surface area contributed by atoms with E-state index in [-0.39, 0.29) is 11.9 Å². The Hall–Kier alpha value is -1.39. The predicted octanol–water partition coefficient (Wildman–Crippen LogP) is -1.85. The molecule has 19 heavy (non-hydrogen) atoms. The number of amides is 1. The van der Waals surface area contributed by atoms with Crippen molar-refractivity contribution in [1.29, 1.82) is 0 Å². The summed E-state index contributed by atoms with van der Waals surface area (Å²) in [6.07, 6.45) is 0. The van der Waals surface area contributed by atoms with Crippen LogP contribution in [-0.2, 0) is 11.3 Å². The smallest absolute Gasteiger partial charge is 0.275 e. The summed E-state index contributed by atoms with van der Waals surface area (Å²) in [6.45, 7) is 9.44. The van der Waals surface area contributed by atoms with E-state index in [0.717, 1.165) is 32.7 Å². The van der Waals surface area contributed by atoms with Crippen LogP contribution in [0.25, 0.3) is 0 Å². The van der Waals surface area contributed by atoms with E-state index in [1.807, 2.05) is 6.92 Å². The van der Waals surface area contributed by atoms with Crippen LogP contribution < -0.4 is 15.5 Å². The Morgan fingerprint density at radius 3 is 2.58 bits per heavy atom. The molecule has 104 valence electrons. The van der Waals surface area contributed by atoms with Crippen molar-refractivity contribution in [2.24, 2.45) is 5.73 Å². The third-order valence-electron chi connectivity index (χ3n) is 4.18. The van der Waals surface area contributed by atoms with E-state index >= 15 is 0 Å². The molecule has 1 aromatic rings. The van der Waals surface area contributed by atoms with Gasteiger partial charge < -0.3 is 15.5 Å². The first-order valence-electron chi connectivity index (χ1n) is 7.09. The van der Waals surface area contributed by atoms with Crippen LogP contribution in [-0.4, -0.2) is 38.1 Å². The zero-order chi connectivity index (χ0) is 13.8. The van der Waals surface area contributed by atoms with E-state index in [9.17, 15) is 4.79 Å². The summed E-state index contributed by atoms with van der Waals surface area (Å²) in [6, 6.07) is 8.67. The van der Waals surface area contributed by atoms with Crippen molar-refractivity contribution in [2.45, 2.75) is 26.4 Å². The van der Waals surface area contributed by atoms with Gasteiger partial charge in [-0.05, 0) is 13.8 Å². The second-order valence-electron chi connectivity index (χ2n) is 5.70. The SMILES string of the molecule is Cc1cccc(C[NH+]2CC[NH+]([C@H](C)C(N)=O)CC2)c1. The van der Waals surface area contributed by atoms with Crippen LogP contribution in [0.5, 0.6) is 0 Å². The van der Waals surface area contributed by atoms with Crippen molar-refractivity contribution in [2.75, 3.05) is 26.2 Å². The Balaban J connectivity index is 1.85. The average molecular weight is 263 g/mol. The lowest BCUT2D eigenvalue weighted by atomic mass is 10.1. The van der Waals surface area contributed by atoms with Crippen LogP contribution in [0.1, 0.15) is 18.1 Å². The van der Waals surface area contributed by atoms with E-state index < -0.39 is 0 Å². The molecule has 1 amide bonds. The number of aryl methyl sites for hydroxylation is 1. The summed E-state index contributed by atoms with van der Waals surface area (Å²) >= 11 is 0. The number of nitrogens with two attached hydrogens (primary N) is 1. The van der Waals surface area contributed by atoms with Gasteiger partial charge in [0.2, 0.25) is 0 Å². The molecule has 1 aliphatic rings. The Bertz CT molecular complexity index is 439. The quantitative estimate of drug-likeness (QED) is 0.587. The summed E-state index contributed by atoms with van der Waals surface area (Å²) in [4.78, 5) is 14.1. The molecule has 4 heteroatoms. The molecule has 4 N–H and O–H groups in total. The minimum absolute atomic E-state index is 0.0551. The number of carbonyl (C=O) groups is 1. The van der Waals surface area contributed by atoms with Crippen molar-refractivity contribution < 1.29 is 14.6 Å². The lowest BCUT2D eigenvalue weighted by Gasteiger charge is -2.32. The van der Waals surface area contributed by atoms with Gasteiger partial charge >= 0.3 is 0 Å². The molecule has 1 saturated heterocycles. The molecule has 0 saturated carbocycles. The van der Waals surface area contributed by atoms with Crippen LogP contribution in [0, 0.1) is 6.92 Å². The Kier molecular flexibility index (Phi) is 4.56. The molecule has 0 spiro atoms. The van der Waals surface area contributed by atoms with Crippen LogP contribution in [0.2, 0.25) is 0 Å². The number of carbonyl (C=O) groups excluding carboxylic acids is 1. The minimum atomic E-state index is -0.183. The maximum atomic E-state index is 11.2. The number of benzene rings is 1. The molecule has 0 bridgehead atoms. The number of quaternary nitrogens is 2. The van der Waals surface area contributed by atoms with Crippen LogP contribution >= 0.6 is 0 Å². The van der Waals surface area contributed by atoms with Crippen molar-refractivity contribution in [3.8, 4) is 0 Å². The Morgan fingerprint density at radius 1 is 1.32 bits per heavy atom. The summed E-state index contributed by atoms with van der Waals surface area (Å²) in [5.41, 5.74) is 8.10. The molecular formula is C15H25N3O+2. The molecule has 0 aliphatic carbocycles. The zero-order valence-electron chi connectivity index (χ0n) is 11.9. The number of hydrogen-bond acceptors (Lipinski definition) is 1. The number of primary amides is 1. The highest BCUT2D eigenvalue weighted by Gasteiger charge is 2.29. The fourth-order valence-electron chi connectivity index (χ4n) is 2.85. The van der Waals surface area contributed by atoms with Crippen LogP contribution in [0.4, 0.5) is 0 Å². The molecule has 1 heterocycles. The fourth-order valence-corrected chi connectivity index (χ4v) is 2.85. The standard InChI is InChI=1S/C15H23N3O/c1-12-4-3-5-14(10-12)11-17-6-8-18(9-7-17)13(2)15(16)19/h3-5,10,13H,6-9,11H2,1-2H3,(H2,16,19)/p+2/t13-/m1/s1. The molecule has 1 aromatic carbocycles. The first kappa shape index (κ1) is 14.0. The summed E-state index contributed by atoms with van der Waals surface area (Å²) < 4.78 is 0. The first-order chi connectivity index (χ1) is 9.06. The second kappa shape index (κ2) is 6.17. The topological polar surface area (TPSA) is 52.0 Å². The molecule has 1 fully saturated rings. The van der Waals surface area contributed by atoms with Crippen molar-refractivity contribution in [3.05, 3.63) is 35.4 Å². The first-order valence-corrected chi connectivity index (χ1v) is 7.09. The van der Waals surface area contributed by atoms with Gasteiger partial charge in [-0.1, -0.05) is 29.8 Å². The van der Waals surface area contributed by atoms with Gasteiger partial charge in [0.25, 0.3) is 5.91 Å². The normalized spacial score (nSPS) is 24.9. The van der Waals surface area contributed by atoms with Gasteiger partial charge in [-0.3, -0.25) is 4.79 Å². The van der Waals surface area contributed by atoms with Gasteiger partial charge in [0.05, 0.1) is 0 Å². The molecule has 0 unspecified atom stereocenters. The zero-order valence-corrected chi connectivity index (χ0v) is 11.9. The fraction of sp³-hybridized carbons (Fsp3) is 0.533. The van der Waals surface area contributed by atoms with Crippen molar-refractivity contribution in [3.63, 3.8) is 0 Å². The molecule has 1 atom stereocenters. The number of rotatable bonds is 4. The maximum Gasteiger partial charge on any atom is 0.275 e. The molecule has 0 radical (unpaired) electrons.